The molecule has 0 aromatic rings. The van der Waals surface area contributed by atoms with Gasteiger partial charge in [-0.25, -0.2) is 0 Å². The number of rotatable bonds is 4. The molecular formula is C12H21N3OS. The van der Waals surface area contributed by atoms with E-state index in [2.05, 4.69) is 29.5 Å². The molecule has 1 heterocycles. The number of aliphatic imine (C=N–C) groups is 1. The second-order valence-electron chi connectivity index (χ2n) is 5.20. The minimum atomic E-state index is -0.187. The van der Waals surface area contributed by atoms with E-state index in [0.717, 1.165) is 24.6 Å². The first kappa shape index (κ1) is 12.7. The lowest BCUT2D eigenvalue weighted by Gasteiger charge is -2.16. The van der Waals surface area contributed by atoms with E-state index in [1.54, 1.807) is 11.8 Å². The van der Waals surface area contributed by atoms with Gasteiger partial charge in [0.15, 0.2) is 5.17 Å². The van der Waals surface area contributed by atoms with Gasteiger partial charge in [0, 0.05) is 11.3 Å². The average molecular weight is 255 g/mol. The summed E-state index contributed by atoms with van der Waals surface area (Å²) in [5.41, 5.74) is 0. The van der Waals surface area contributed by atoms with Gasteiger partial charge >= 0.3 is 0 Å². The van der Waals surface area contributed by atoms with E-state index in [1.165, 1.54) is 0 Å². The number of amidine groups is 1. The predicted octanol–water partition coefficient (Wildman–Crippen LogP) is 1.37. The van der Waals surface area contributed by atoms with E-state index in [9.17, 15) is 4.79 Å². The zero-order chi connectivity index (χ0) is 12.4. The minimum Gasteiger partial charge on any atom is -0.353 e. The van der Waals surface area contributed by atoms with Crippen LogP contribution < -0.4 is 10.6 Å². The zero-order valence-electron chi connectivity index (χ0n) is 10.7. The number of thioether (sulfide) groups is 1. The highest BCUT2D eigenvalue weighted by molar-refractivity contribution is 8.14. The molecule has 1 amide bonds. The predicted molar refractivity (Wildman–Crippen MR) is 72.3 cm³/mol. The molecular weight excluding hydrogens is 234 g/mol. The molecule has 0 bridgehead atoms. The van der Waals surface area contributed by atoms with E-state index in [-0.39, 0.29) is 11.9 Å². The van der Waals surface area contributed by atoms with Gasteiger partial charge in [-0.15, -0.1) is 0 Å². The molecule has 0 aromatic carbocycles. The van der Waals surface area contributed by atoms with Gasteiger partial charge in [0.1, 0.15) is 6.04 Å². The number of carbonyl (C=O) groups is 1. The van der Waals surface area contributed by atoms with E-state index in [4.69, 9.17) is 0 Å². The minimum absolute atomic E-state index is 0.0868. The first-order valence-electron chi connectivity index (χ1n) is 6.34. The first-order valence-corrected chi connectivity index (χ1v) is 7.22. The molecule has 2 aliphatic rings. The molecule has 0 radical (unpaired) electrons. The van der Waals surface area contributed by atoms with E-state index < -0.39 is 0 Å². The van der Waals surface area contributed by atoms with Crippen LogP contribution in [0.15, 0.2) is 4.99 Å². The summed E-state index contributed by atoms with van der Waals surface area (Å²) in [4.78, 5) is 16.2. The number of nitrogens with one attached hydrogen (secondary N) is 2. The highest BCUT2D eigenvalue weighted by atomic mass is 32.2. The van der Waals surface area contributed by atoms with Crippen molar-refractivity contribution < 1.29 is 4.79 Å². The Morgan fingerprint density at radius 1 is 1.41 bits per heavy atom. The van der Waals surface area contributed by atoms with Crippen LogP contribution in [0.1, 0.15) is 33.6 Å². The van der Waals surface area contributed by atoms with Gasteiger partial charge in [0.25, 0.3) is 0 Å². The Kier molecular flexibility index (Phi) is 3.97. The number of amides is 1. The molecule has 0 spiro atoms. The fraction of sp³-hybridized carbons (Fsp3) is 0.833. The van der Waals surface area contributed by atoms with Crippen molar-refractivity contribution in [1.29, 1.82) is 0 Å². The van der Waals surface area contributed by atoms with Crippen LogP contribution in [-0.2, 0) is 4.79 Å². The second-order valence-corrected chi connectivity index (χ2v) is 6.42. The summed E-state index contributed by atoms with van der Waals surface area (Å²) in [5.74, 6) is 0.711. The summed E-state index contributed by atoms with van der Waals surface area (Å²) in [6, 6.07) is 0.237. The average Bonchev–Trinajstić information content (AvgIpc) is 2.94. The maximum Gasteiger partial charge on any atom is 0.242 e. The SMILES string of the molecule is CC(NC1=NCC(C(C)C)S1)C(=O)NC1CC1. The summed E-state index contributed by atoms with van der Waals surface area (Å²) in [7, 11) is 0. The van der Waals surface area contributed by atoms with Crippen LogP contribution >= 0.6 is 11.8 Å². The van der Waals surface area contributed by atoms with Gasteiger partial charge < -0.3 is 10.6 Å². The molecule has 1 saturated carbocycles. The molecule has 2 unspecified atom stereocenters. The lowest BCUT2D eigenvalue weighted by Crippen LogP contribution is -2.44. The summed E-state index contributed by atoms with van der Waals surface area (Å²) in [6.07, 6.45) is 2.26. The Labute approximate surface area is 107 Å². The van der Waals surface area contributed by atoms with Crippen molar-refractivity contribution in [3.63, 3.8) is 0 Å². The lowest BCUT2D eigenvalue weighted by molar-refractivity contribution is -0.122. The maximum absolute atomic E-state index is 11.8. The number of carbonyl (C=O) groups excluding carboxylic acids is 1. The third-order valence-corrected chi connectivity index (χ3v) is 4.54. The third-order valence-electron chi connectivity index (χ3n) is 3.08. The molecule has 4 nitrogen and oxygen atoms in total. The van der Waals surface area contributed by atoms with Crippen LogP contribution in [0.3, 0.4) is 0 Å². The normalized spacial score (nSPS) is 25.6. The van der Waals surface area contributed by atoms with Crippen LogP contribution in [0.5, 0.6) is 0 Å². The molecule has 0 saturated heterocycles. The maximum atomic E-state index is 11.8. The van der Waals surface area contributed by atoms with Gasteiger partial charge in [-0.2, -0.15) is 0 Å². The van der Waals surface area contributed by atoms with Crippen molar-refractivity contribution in [2.24, 2.45) is 10.9 Å². The lowest BCUT2D eigenvalue weighted by atomic mass is 10.1. The first-order chi connectivity index (χ1) is 8.06. The molecule has 0 aromatic heterocycles. The smallest absolute Gasteiger partial charge is 0.242 e. The number of hydrogen-bond acceptors (Lipinski definition) is 4. The van der Waals surface area contributed by atoms with Crippen molar-refractivity contribution in [2.75, 3.05) is 6.54 Å². The van der Waals surface area contributed by atoms with E-state index in [1.807, 2.05) is 6.92 Å². The largest absolute Gasteiger partial charge is 0.353 e. The monoisotopic (exact) mass is 255 g/mol. The van der Waals surface area contributed by atoms with Crippen molar-refractivity contribution in [2.45, 2.75) is 50.9 Å². The third kappa shape index (κ3) is 3.63. The van der Waals surface area contributed by atoms with E-state index >= 15 is 0 Å². The molecule has 96 valence electrons. The highest BCUT2D eigenvalue weighted by Crippen LogP contribution is 2.26. The van der Waals surface area contributed by atoms with Crippen molar-refractivity contribution in [3.05, 3.63) is 0 Å². The quantitative estimate of drug-likeness (QED) is 0.798. The van der Waals surface area contributed by atoms with Crippen LogP contribution in [0.25, 0.3) is 0 Å². The van der Waals surface area contributed by atoms with Crippen LogP contribution in [0.2, 0.25) is 0 Å². The Morgan fingerprint density at radius 2 is 2.12 bits per heavy atom. The van der Waals surface area contributed by atoms with Crippen molar-refractivity contribution in [1.82, 2.24) is 10.6 Å². The fourth-order valence-electron chi connectivity index (χ4n) is 1.62. The number of hydrogen-bond donors (Lipinski definition) is 2. The Balaban J connectivity index is 1.75. The van der Waals surface area contributed by atoms with Gasteiger partial charge in [-0.3, -0.25) is 9.79 Å². The molecule has 1 aliphatic heterocycles. The van der Waals surface area contributed by atoms with Gasteiger partial charge in [0.05, 0.1) is 6.54 Å². The fourth-order valence-corrected chi connectivity index (χ4v) is 2.72. The van der Waals surface area contributed by atoms with Gasteiger partial charge in [0.2, 0.25) is 5.91 Å². The van der Waals surface area contributed by atoms with Crippen LogP contribution in [0, 0.1) is 5.92 Å². The van der Waals surface area contributed by atoms with Crippen LogP contribution in [-0.4, -0.2) is 35.0 Å². The standard InChI is InChI=1S/C12H21N3OS/c1-7(2)10-6-13-12(17-10)14-8(3)11(16)15-9-4-5-9/h7-10H,4-6H2,1-3H3,(H,13,14)(H,15,16). The summed E-state index contributed by atoms with van der Waals surface area (Å²) in [5, 5.41) is 7.66. The van der Waals surface area contributed by atoms with Gasteiger partial charge in [-0.05, 0) is 25.7 Å². The van der Waals surface area contributed by atoms with Crippen molar-refractivity contribution >= 4 is 22.8 Å². The summed E-state index contributed by atoms with van der Waals surface area (Å²) >= 11 is 1.76. The van der Waals surface area contributed by atoms with Crippen LogP contribution in [0.4, 0.5) is 0 Å². The molecule has 1 fully saturated rings. The molecule has 5 heteroatoms. The second kappa shape index (κ2) is 5.29. The highest BCUT2D eigenvalue weighted by Gasteiger charge is 2.28. The summed E-state index contributed by atoms with van der Waals surface area (Å²) in [6.45, 7) is 7.17. The molecule has 2 N–H and O–H groups in total. The zero-order valence-corrected chi connectivity index (χ0v) is 11.5. The van der Waals surface area contributed by atoms with E-state index in [0.29, 0.717) is 17.2 Å². The molecule has 2 rings (SSSR count). The number of nitrogens with zero attached hydrogens (tertiary/aromatic N) is 1. The molecule has 17 heavy (non-hydrogen) atoms. The summed E-state index contributed by atoms with van der Waals surface area (Å²) < 4.78 is 0. The Morgan fingerprint density at radius 3 is 2.65 bits per heavy atom. The van der Waals surface area contributed by atoms with Gasteiger partial charge in [-0.1, -0.05) is 25.6 Å². The molecule has 1 aliphatic carbocycles. The molecule has 2 atom stereocenters. The Hall–Kier alpha value is -0.710. The van der Waals surface area contributed by atoms with Crippen molar-refractivity contribution in [3.8, 4) is 0 Å². The topological polar surface area (TPSA) is 53.5 Å². The Bertz CT molecular complexity index is 326.